The number of carbonyl (C=O) groups is 1. The molecule has 1 heterocycles. The van der Waals surface area contributed by atoms with Crippen molar-refractivity contribution in [2.24, 2.45) is 17.8 Å². The van der Waals surface area contributed by atoms with Crippen LogP contribution in [0.1, 0.15) is 26.2 Å². The summed E-state index contributed by atoms with van der Waals surface area (Å²) in [6.45, 7) is 3.60. The summed E-state index contributed by atoms with van der Waals surface area (Å²) in [4.78, 5) is 13.4. The number of likely N-dealkylation sites (tertiary alicyclic amines) is 1. The fraction of sp³-hybridized carbons (Fsp3) is 0.818. The molecule has 14 heavy (non-hydrogen) atoms. The zero-order chi connectivity index (χ0) is 10.1. The molecular weight excluding hydrogens is 176 g/mol. The molecule has 1 aliphatic carbocycles. The Morgan fingerprint density at radius 3 is 2.71 bits per heavy atom. The lowest BCUT2D eigenvalue weighted by molar-refractivity contribution is -0.127. The standard InChI is InChI=1S/C11H16N2O/c1-2-13-7-9(5-11(13)14)10(6-12)8-3-4-8/h8-10H,2-5,7H2,1H3. The van der Waals surface area contributed by atoms with Crippen LogP contribution in [0.2, 0.25) is 0 Å². The van der Waals surface area contributed by atoms with Gasteiger partial charge in [0.2, 0.25) is 5.91 Å². The van der Waals surface area contributed by atoms with Crippen LogP contribution in [-0.4, -0.2) is 23.9 Å². The van der Waals surface area contributed by atoms with Gasteiger partial charge in [-0.25, -0.2) is 0 Å². The third-order valence-corrected chi connectivity index (χ3v) is 3.41. The highest BCUT2D eigenvalue weighted by atomic mass is 16.2. The fourth-order valence-electron chi connectivity index (χ4n) is 2.40. The van der Waals surface area contributed by atoms with Gasteiger partial charge < -0.3 is 4.90 Å². The molecule has 2 unspecified atom stereocenters. The SMILES string of the molecule is CCN1CC(C(C#N)C2CC2)CC1=O. The summed E-state index contributed by atoms with van der Waals surface area (Å²) in [5.41, 5.74) is 0. The third-order valence-electron chi connectivity index (χ3n) is 3.41. The number of hydrogen-bond donors (Lipinski definition) is 0. The van der Waals surface area contributed by atoms with Crippen LogP contribution in [0, 0.1) is 29.1 Å². The van der Waals surface area contributed by atoms with E-state index in [1.807, 2.05) is 11.8 Å². The van der Waals surface area contributed by atoms with Gasteiger partial charge in [-0.1, -0.05) is 0 Å². The van der Waals surface area contributed by atoms with E-state index in [4.69, 9.17) is 5.26 Å². The molecule has 0 aromatic carbocycles. The average Bonchev–Trinajstić information content (AvgIpc) is 2.92. The molecule has 2 atom stereocenters. The van der Waals surface area contributed by atoms with Gasteiger partial charge in [0.1, 0.15) is 0 Å². The van der Waals surface area contributed by atoms with Crippen molar-refractivity contribution in [2.75, 3.05) is 13.1 Å². The van der Waals surface area contributed by atoms with Gasteiger partial charge in [-0.2, -0.15) is 5.26 Å². The summed E-state index contributed by atoms with van der Waals surface area (Å²) >= 11 is 0. The van der Waals surface area contributed by atoms with E-state index in [1.54, 1.807) is 0 Å². The molecule has 1 aliphatic heterocycles. The van der Waals surface area contributed by atoms with Crippen LogP contribution < -0.4 is 0 Å². The van der Waals surface area contributed by atoms with Crippen molar-refractivity contribution >= 4 is 5.91 Å². The van der Waals surface area contributed by atoms with Gasteiger partial charge in [0, 0.05) is 25.4 Å². The summed E-state index contributed by atoms with van der Waals surface area (Å²) in [6, 6.07) is 2.39. The first-order valence-corrected chi connectivity index (χ1v) is 5.43. The van der Waals surface area contributed by atoms with Crippen LogP contribution >= 0.6 is 0 Å². The number of nitriles is 1. The van der Waals surface area contributed by atoms with Crippen LogP contribution in [0.4, 0.5) is 0 Å². The smallest absolute Gasteiger partial charge is 0.222 e. The zero-order valence-electron chi connectivity index (χ0n) is 8.57. The third kappa shape index (κ3) is 1.61. The van der Waals surface area contributed by atoms with E-state index >= 15 is 0 Å². The van der Waals surface area contributed by atoms with Gasteiger partial charge in [0.15, 0.2) is 0 Å². The lowest BCUT2D eigenvalue weighted by atomic mass is 9.88. The van der Waals surface area contributed by atoms with E-state index < -0.39 is 0 Å². The molecule has 0 spiro atoms. The molecule has 2 rings (SSSR count). The summed E-state index contributed by atoms with van der Waals surface area (Å²) in [7, 11) is 0. The predicted molar refractivity (Wildman–Crippen MR) is 52.2 cm³/mol. The molecule has 3 heteroatoms. The second-order valence-electron chi connectivity index (χ2n) is 4.39. The maximum atomic E-state index is 11.5. The highest BCUT2D eigenvalue weighted by Crippen LogP contribution is 2.42. The average molecular weight is 192 g/mol. The topological polar surface area (TPSA) is 44.1 Å². The normalized spacial score (nSPS) is 29.0. The second kappa shape index (κ2) is 3.61. The lowest BCUT2D eigenvalue weighted by Crippen LogP contribution is -2.25. The Morgan fingerprint density at radius 1 is 1.57 bits per heavy atom. The molecule has 0 N–H and O–H groups in total. The molecule has 0 aromatic heterocycles. The largest absolute Gasteiger partial charge is 0.343 e. The van der Waals surface area contributed by atoms with Crippen molar-refractivity contribution in [3.63, 3.8) is 0 Å². The van der Waals surface area contributed by atoms with Crippen molar-refractivity contribution < 1.29 is 4.79 Å². The summed E-state index contributed by atoms with van der Waals surface area (Å²) in [5, 5.41) is 9.06. The van der Waals surface area contributed by atoms with Gasteiger partial charge in [0.05, 0.1) is 12.0 Å². The Bertz CT molecular complexity index is 278. The van der Waals surface area contributed by atoms with E-state index in [-0.39, 0.29) is 11.8 Å². The van der Waals surface area contributed by atoms with Crippen molar-refractivity contribution in [3.8, 4) is 6.07 Å². The second-order valence-corrected chi connectivity index (χ2v) is 4.39. The Morgan fingerprint density at radius 2 is 2.29 bits per heavy atom. The molecule has 76 valence electrons. The molecule has 0 radical (unpaired) electrons. The van der Waals surface area contributed by atoms with E-state index in [0.29, 0.717) is 18.3 Å². The molecule has 0 bridgehead atoms. The minimum atomic E-state index is 0.135. The molecule has 1 saturated heterocycles. The monoisotopic (exact) mass is 192 g/mol. The van der Waals surface area contributed by atoms with E-state index in [0.717, 1.165) is 13.1 Å². The first-order chi connectivity index (χ1) is 6.76. The molecule has 1 amide bonds. The zero-order valence-corrected chi connectivity index (χ0v) is 8.57. The number of rotatable bonds is 3. The van der Waals surface area contributed by atoms with Crippen LogP contribution in [0.5, 0.6) is 0 Å². The number of hydrogen-bond acceptors (Lipinski definition) is 2. The van der Waals surface area contributed by atoms with Crippen molar-refractivity contribution in [3.05, 3.63) is 0 Å². The maximum absolute atomic E-state index is 11.5. The van der Waals surface area contributed by atoms with Gasteiger partial charge in [-0.05, 0) is 25.7 Å². The Labute approximate surface area is 84.7 Å². The van der Waals surface area contributed by atoms with Gasteiger partial charge in [0.25, 0.3) is 0 Å². The Hall–Kier alpha value is -1.04. The predicted octanol–water partition coefficient (Wildman–Crippen LogP) is 1.40. The van der Waals surface area contributed by atoms with Crippen molar-refractivity contribution in [2.45, 2.75) is 26.2 Å². The van der Waals surface area contributed by atoms with Crippen LogP contribution in [0.3, 0.4) is 0 Å². The fourth-order valence-corrected chi connectivity index (χ4v) is 2.40. The number of nitrogens with zero attached hydrogens (tertiary/aromatic N) is 2. The molecule has 3 nitrogen and oxygen atoms in total. The van der Waals surface area contributed by atoms with Crippen molar-refractivity contribution in [1.82, 2.24) is 4.90 Å². The minimum Gasteiger partial charge on any atom is -0.343 e. The van der Waals surface area contributed by atoms with Crippen LogP contribution in [-0.2, 0) is 4.79 Å². The highest BCUT2D eigenvalue weighted by Gasteiger charge is 2.41. The molecular formula is C11H16N2O. The summed E-state index contributed by atoms with van der Waals surface area (Å²) < 4.78 is 0. The molecule has 1 saturated carbocycles. The van der Waals surface area contributed by atoms with Crippen LogP contribution in [0.25, 0.3) is 0 Å². The highest BCUT2D eigenvalue weighted by molar-refractivity contribution is 5.78. The Kier molecular flexibility index (Phi) is 2.45. The number of amides is 1. The molecule has 0 aromatic rings. The number of carbonyl (C=O) groups excluding carboxylic acids is 1. The van der Waals surface area contributed by atoms with Gasteiger partial charge in [-0.15, -0.1) is 0 Å². The van der Waals surface area contributed by atoms with E-state index in [9.17, 15) is 4.79 Å². The first-order valence-electron chi connectivity index (χ1n) is 5.43. The van der Waals surface area contributed by atoms with Gasteiger partial charge >= 0.3 is 0 Å². The minimum absolute atomic E-state index is 0.135. The molecule has 2 aliphatic rings. The summed E-state index contributed by atoms with van der Waals surface area (Å²) in [6.07, 6.45) is 2.98. The van der Waals surface area contributed by atoms with Crippen molar-refractivity contribution in [1.29, 1.82) is 5.26 Å². The molecule has 2 fully saturated rings. The maximum Gasteiger partial charge on any atom is 0.222 e. The van der Waals surface area contributed by atoms with E-state index in [2.05, 4.69) is 6.07 Å². The summed E-state index contributed by atoms with van der Waals surface area (Å²) in [5.74, 6) is 1.27. The van der Waals surface area contributed by atoms with Gasteiger partial charge in [-0.3, -0.25) is 4.79 Å². The first kappa shape index (κ1) is 9.51. The van der Waals surface area contributed by atoms with Crippen LogP contribution in [0.15, 0.2) is 0 Å². The lowest BCUT2D eigenvalue weighted by Gasteiger charge is -2.16. The Balaban J connectivity index is 1.99. The van der Waals surface area contributed by atoms with E-state index in [1.165, 1.54) is 12.8 Å². The quantitative estimate of drug-likeness (QED) is 0.678.